The minimum atomic E-state index is -1.07. The Morgan fingerprint density at radius 1 is 1.50 bits per heavy atom. The molecule has 0 fully saturated rings. The number of carboxylic acid groups (broad SMARTS) is 1. The van der Waals surface area contributed by atoms with Crippen LogP contribution >= 0.6 is 0 Å². The van der Waals surface area contributed by atoms with E-state index in [2.05, 4.69) is 15.2 Å². The summed E-state index contributed by atoms with van der Waals surface area (Å²) in [4.78, 5) is 13.3. The van der Waals surface area contributed by atoms with Gasteiger partial charge in [0.25, 0.3) is 0 Å². The molecule has 0 bridgehead atoms. The maximum atomic E-state index is 10.5. The molecule has 0 aliphatic rings. The van der Waals surface area contributed by atoms with Crippen LogP contribution in [0.2, 0.25) is 0 Å². The van der Waals surface area contributed by atoms with E-state index in [4.69, 9.17) is 5.11 Å². The van der Waals surface area contributed by atoms with Crippen molar-refractivity contribution in [2.45, 2.75) is 0 Å². The second-order valence-electron chi connectivity index (χ2n) is 2.31. The second-order valence-corrected chi connectivity index (χ2v) is 2.31. The van der Waals surface area contributed by atoms with E-state index in [-0.39, 0.29) is 5.69 Å². The lowest BCUT2D eigenvalue weighted by Gasteiger charge is -1.90. The van der Waals surface area contributed by atoms with Crippen LogP contribution in [-0.4, -0.2) is 26.3 Å². The molecular formula is C7H5N3O2. The van der Waals surface area contributed by atoms with Gasteiger partial charge in [-0.3, -0.25) is 0 Å². The van der Waals surface area contributed by atoms with E-state index in [1.54, 1.807) is 12.3 Å². The normalized spacial score (nSPS) is 10.3. The first-order chi connectivity index (χ1) is 5.77. The summed E-state index contributed by atoms with van der Waals surface area (Å²) in [5.41, 5.74) is 1.30. The largest absolute Gasteiger partial charge is 0.476 e. The zero-order chi connectivity index (χ0) is 8.55. The summed E-state index contributed by atoms with van der Waals surface area (Å²) < 4.78 is 0. The van der Waals surface area contributed by atoms with E-state index in [1.165, 1.54) is 6.07 Å². The summed E-state index contributed by atoms with van der Waals surface area (Å²) in [5, 5.41) is 15.8. The van der Waals surface area contributed by atoms with Gasteiger partial charge in [-0.05, 0) is 12.1 Å². The third-order valence-corrected chi connectivity index (χ3v) is 1.52. The van der Waals surface area contributed by atoms with Crippen molar-refractivity contribution in [2.24, 2.45) is 0 Å². The van der Waals surface area contributed by atoms with Crippen LogP contribution in [0.3, 0.4) is 0 Å². The van der Waals surface area contributed by atoms with Crippen molar-refractivity contribution in [3.05, 3.63) is 24.0 Å². The van der Waals surface area contributed by atoms with E-state index in [9.17, 15) is 4.79 Å². The standard InChI is InChI=1S/C7H5N3O2/c11-7(12)6-3-5-4(9-10-6)1-2-8-5/h1-3,8H,(H,11,12). The van der Waals surface area contributed by atoms with E-state index in [0.717, 1.165) is 0 Å². The molecule has 0 aromatic carbocycles. The van der Waals surface area contributed by atoms with Crippen molar-refractivity contribution in [3.63, 3.8) is 0 Å². The van der Waals surface area contributed by atoms with Crippen LogP contribution in [0.25, 0.3) is 11.0 Å². The van der Waals surface area contributed by atoms with Crippen LogP contribution in [0.5, 0.6) is 0 Å². The molecule has 0 saturated carbocycles. The number of nitrogens with one attached hydrogen (secondary N) is 1. The molecule has 2 rings (SSSR count). The number of aromatic amines is 1. The number of hydrogen-bond acceptors (Lipinski definition) is 3. The quantitative estimate of drug-likeness (QED) is 0.647. The van der Waals surface area contributed by atoms with Crippen LogP contribution in [-0.2, 0) is 0 Å². The Hall–Kier alpha value is -1.91. The highest BCUT2D eigenvalue weighted by Gasteiger charge is 2.06. The van der Waals surface area contributed by atoms with E-state index in [0.29, 0.717) is 11.0 Å². The molecule has 0 aliphatic heterocycles. The van der Waals surface area contributed by atoms with Gasteiger partial charge in [0.05, 0.1) is 5.52 Å². The Labute approximate surface area is 67.1 Å². The molecule has 0 aliphatic carbocycles. The van der Waals surface area contributed by atoms with Gasteiger partial charge in [0, 0.05) is 6.20 Å². The van der Waals surface area contributed by atoms with Crippen molar-refractivity contribution in [3.8, 4) is 0 Å². The Kier molecular flexibility index (Phi) is 1.30. The molecule has 0 saturated heterocycles. The van der Waals surface area contributed by atoms with Gasteiger partial charge >= 0.3 is 5.97 Å². The number of fused-ring (bicyclic) bond motifs is 1. The highest BCUT2D eigenvalue weighted by molar-refractivity contribution is 5.89. The lowest BCUT2D eigenvalue weighted by atomic mass is 10.3. The molecule has 12 heavy (non-hydrogen) atoms. The monoisotopic (exact) mass is 163 g/mol. The zero-order valence-electron chi connectivity index (χ0n) is 5.98. The maximum absolute atomic E-state index is 10.5. The second kappa shape index (κ2) is 2.30. The molecule has 0 radical (unpaired) electrons. The van der Waals surface area contributed by atoms with Gasteiger partial charge in [-0.2, -0.15) is 0 Å². The third-order valence-electron chi connectivity index (χ3n) is 1.52. The number of hydrogen-bond donors (Lipinski definition) is 2. The molecule has 5 nitrogen and oxygen atoms in total. The first-order valence-electron chi connectivity index (χ1n) is 3.31. The zero-order valence-corrected chi connectivity index (χ0v) is 5.98. The molecule has 0 atom stereocenters. The van der Waals surface area contributed by atoms with Crippen LogP contribution in [0.4, 0.5) is 0 Å². The van der Waals surface area contributed by atoms with E-state index >= 15 is 0 Å². The number of H-pyrrole nitrogens is 1. The van der Waals surface area contributed by atoms with Crippen LogP contribution in [0, 0.1) is 0 Å². The number of aromatic nitrogens is 3. The molecule has 2 aromatic rings. The molecule has 2 N–H and O–H groups in total. The first-order valence-corrected chi connectivity index (χ1v) is 3.31. The number of carbonyl (C=O) groups is 1. The fraction of sp³-hybridized carbons (Fsp3) is 0. The van der Waals surface area contributed by atoms with Crippen molar-refractivity contribution in [1.82, 2.24) is 15.2 Å². The number of aromatic carboxylic acids is 1. The van der Waals surface area contributed by atoms with Crippen LogP contribution in [0.1, 0.15) is 10.5 Å². The SMILES string of the molecule is O=C(O)c1cc2[nH]ccc2nn1. The minimum absolute atomic E-state index is 0.0510. The lowest BCUT2D eigenvalue weighted by molar-refractivity contribution is 0.0689. The maximum Gasteiger partial charge on any atom is 0.356 e. The van der Waals surface area contributed by atoms with Crippen molar-refractivity contribution >= 4 is 17.0 Å². The Morgan fingerprint density at radius 2 is 2.33 bits per heavy atom. The van der Waals surface area contributed by atoms with Gasteiger partial charge in [-0.1, -0.05) is 0 Å². The molecule has 0 spiro atoms. The molecule has 60 valence electrons. The average molecular weight is 163 g/mol. The fourth-order valence-corrected chi connectivity index (χ4v) is 0.955. The third kappa shape index (κ3) is 0.914. The summed E-state index contributed by atoms with van der Waals surface area (Å²) in [5.74, 6) is -1.07. The number of rotatable bonds is 1. The van der Waals surface area contributed by atoms with Gasteiger partial charge in [0.1, 0.15) is 5.52 Å². The summed E-state index contributed by atoms with van der Waals surface area (Å²) in [6, 6.07) is 3.18. The molecule has 0 unspecified atom stereocenters. The van der Waals surface area contributed by atoms with Crippen molar-refractivity contribution < 1.29 is 9.90 Å². The van der Waals surface area contributed by atoms with Gasteiger partial charge in [-0.25, -0.2) is 4.79 Å². The fourth-order valence-electron chi connectivity index (χ4n) is 0.955. The van der Waals surface area contributed by atoms with Crippen LogP contribution in [0.15, 0.2) is 18.3 Å². The highest BCUT2D eigenvalue weighted by Crippen LogP contribution is 2.08. The molecule has 0 amide bonds. The smallest absolute Gasteiger partial charge is 0.356 e. The summed E-state index contributed by atoms with van der Waals surface area (Å²) in [6.45, 7) is 0. The summed E-state index contributed by atoms with van der Waals surface area (Å²) in [7, 11) is 0. The summed E-state index contributed by atoms with van der Waals surface area (Å²) in [6.07, 6.45) is 1.69. The van der Waals surface area contributed by atoms with Gasteiger partial charge in [0.15, 0.2) is 5.69 Å². The topological polar surface area (TPSA) is 78.9 Å². The summed E-state index contributed by atoms with van der Waals surface area (Å²) >= 11 is 0. The Morgan fingerprint density at radius 3 is 3.08 bits per heavy atom. The lowest BCUT2D eigenvalue weighted by Crippen LogP contribution is -2.01. The average Bonchev–Trinajstić information content (AvgIpc) is 2.49. The van der Waals surface area contributed by atoms with E-state index in [1.807, 2.05) is 0 Å². The van der Waals surface area contributed by atoms with Gasteiger partial charge in [-0.15, -0.1) is 10.2 Å². The molecular weight excluding hydrogens is 158 g/mol. The molecule has 5 heteroatoms. The van der Waals surface area contributed by atoms with E-state index < -0.39 is 5.97 Å². The predicted molar refractivity (Wildman–Crippen MR) is 40.8 cm³/mol. The first kappa shape index (κ1) is 6.78. The Bertz CT molecular complexity index is 435. The highest BCUT2D eigenvalue weighted by atomic mass is 16.4. The predicted octanol–water partition coefficient (Wildman–Crippen LogP) is 0.656. The molecule has 2 heterocycles. The van der Waals surface area contributed by atoms with Crippen molar-refractivity contribution in [1.29, 1.82) is 0 Å². The van der Waals surface area contributed by atoms with Crippen molar-refractivity contribution in [2.75, 3.05) is 0 Å². The van der Waals surface area contributed by atoms with Gasteiger partial charge in [0.2, 0.25) is 0 Å². The van der Waals surface area contributed by atoms with Crippen LogP contribution < -0.4 is 0 Å². The Balaban J connectivity index is 2.68. The number of nitrogens with zero attached hydrogens (tertiary/aromatic N) is 2. The number of carboxylic acids is 1. The van der Waals surface area contributed by atoms with Gasteiger partial charge < -0.3 is 10.1 Å². The molecule has 2 aromatic heterocycles. The minimum Gasteiger partial charge on any atom is -0.476 e.